The normalized spacial score (nSPS) is 9.88. The molecule has 5 heteroatoms. The molecule has 0 aliphatic carbocycles. The lowest BCUT2D eigenvalue weighted by Gasteiger charge is -2.05. The highest BCUT2D eigenvalue weighted by molar-refractivity contribution is 6.05. The third kappa shape index (κ3) is 2.04. The lowest BCUT2D eigenvalue weighted by Crippen LogP contribution is -2.03. The molecule has 2 aromatic carbocycles. The lowest BCUT2D eigenvalue weighted by molar-refractivity contribution is 0.0999. The lowest BCUT2D eigenvalue weighted by atomic mass is 10.0. The quantitative estimate of drug-likeness (QED) is 0.378. The Kier molecular flexibility index (Phi) is 2.94. The zero-order valence-electron chi connectivity index (χ0n) is 8.87. The average Bonchev–Trinajstić information content (AvgIpc) is 2.37. The molecule has 0 aliphatic rings. The topological polar surface area (TPSA) is 86.1 Å². The number of carbonyl (C=O) groups is 1. The van der Waals surface area contributed by atoms with Gasteiger partial charge >= 0.3 is 0 Å². The minimum absolute atomic E-state index is 0.0683. The highest BCUT2D eigenvalue weighted by Gasteiger charge is 2.12. The van der Waals surface area contributed by atoms with Gasteiger partial charge in [0.1, 0.15) is 5.75 Å². The SMILES string of the molecule is [N-]=[N+]=NCC(=O)c1ccc2ccccc2c1O. The van der Waals surface area contributed by atoms with Crippen molar-refractivity contribution in [2.75, 3.05) is 6.54 Å². The van der Waals surface area contributed by atoms with Crippen molar-refractivity contribution in [2.45, 2.75) is 0 Å². The minimum Gasteiger partial charge on any atom is -0.507 e. The Bertz CT molecular complexity index is 631. The summed E-state index contributed by atoms with van der Waals surface area (Å²) >= 11 is 0. The zero-order chi connectivity index (χ0) is 12.3. The average molecular weight is 227 g/mol. The fraction of sp³-hybridized carbons (Fsp3) is 0.0833. The number of nitrogens with zero attached hydrogens (tertiary/aromatic N) is 3. The van der Waals surface area contributed by atoms with Gasteiger partial charge in [-0.2, -0.15) is 0 Å². The summed E-state index contributed by atoms with van der Waals surface area (Å²) in [6.45, 7) is -0.289. The van der Waals surface area contributed by atoms with E-state index >= 15 is 0 Å². The summed E-state index contributed by atoms with van der Waals surface area (Å²) in [6.07, 6.45) is 0. The molecule has 0 radical (unpaired) electrons. The van der Waals surface area contributed by atoms with Crippen LogP contribution in [0.4, 0.5) is 0 Å². The van der Waals surface area contributed by atoms with Crippen LogP contribution in [0.5, 0.6) is 5.75 Å². The van der Waals surface area contributed by atoms with Crippen LogP contribution < -0.4 is 0 Å². The predicted molar refractivity (Wildman–Crippen MR) is 64.0 cm³/mol. The smallest absolute Gasteiger partial charge is 0.172 e. The van der Waals surface area contributed by atoms with Crippen molar-refractivity contribution in [2.24, 2.45) is 5.11 Å². The van der Waals surface area contributed by atoms with Crippen LogP contribution in [-0.2, 0) is 0 Å². The van der Waals surface area contributed by atoms with Crippen molar-refractivity contribution >= 4 is 16.6 Å². The van der Waals surface area contributed by atoms with Crippen LogP contribution in [0.2, 0.25) is 0 Å². The number of phenols is 1. The van der Waals surface area contributed by atoms with E-state index < -0.39 is 5.78 Å². The van der Waals surface area contributed by atoms with E-state index in [1.807, 2.05) is 12.1 Å². The van der Waals surface area contributed by atoms with E-state index in [0.717, 1.165) is 5.39 Å². The summed E-state index contributed by atoms with van der Waals surface area (Å²) in [4.78, 5) is 14.2. The van der Waals surface area contributed by atoms with Gasteiger partial charge in [-0.1, -0.05) is 35.4 Å². The second-order valence-corrected chi connectivity index (χ2v) is 3.50. The van der Waals surface area contributed by atoms with Gasteiger partial charge in [0.05, 0.1) is 12.1 Å². The maximum atomic E-state index is 11.6. The maximum Gasteiger partial charge on any atom is 0.172 e. The number of rotatable bonds is 3. The van der Waals surface area contributed by atoms with Crippen molar-refractivity contribution in [3.8, 4) is 5.75 Å². The highest BCUT2D eigenvalue weighted by Crippen LogP contribution is 2.28. The number of aromatic hydroxyl groups is 1. The number of azide groups is 1. The molecule has 0 atom stereocenters. The summed E-state index contributed by atoms with van der Waals surface area (Å²) in [5.74, 6) is -0.465. The molecule has 0 spiro atoms. The molecule has 0 fully saturated rings. The van der Waals surface area contributed by atoms with Crippen LogP contribution in [0, 0.1) is 0 Å². The van der Waals surface area contributed by atoms with Gasteiger partial charge in [-0.3, -0.25) is 4.79 Å². The number of Topliss-reactive ketones (excluding diaryl/α,β-unsaturated/α-hetero) is 1. The van der Waals surface area contributed by atoms with Crippen LogP contribution in [0.1, 0.15) is 10.4 Å². The van der Waals surface area contributed by atoms with Crippen molar-refractivity contribution in [3.63, 3.8) is 0 Å². The van der Waals surface area contributed by atoms with Gasteiger partial charge in [0.15, 0.2) is 5.78 Å². The van der Waals surface area contributed by atoms with E-state index in [9.17, 15) is 9.90 Å². The molecule has 0 amide bonds. The number of benzene rings is 2. The van der Waals surface area contributed by atoms with Gasteiger partial charge in [-0.15, -0.1) is 0 Å². The number of ketones is 1. The molecule has 0 aliphatic heterocycles. The Morgan fingerprint density at radius 1 is 1.29 bits per heavy atom. The second-order valence-electron chi connectivity index (χ2n) is 3.50. The Balaban J connectivity index is 2.52. The molecule has 0 unspecified atom stereocenters. The first kappa shape index (κ1) is 11.0. The van der Waals surface area contributed by atoms with E-state index in [4.69, 9.17) is 5.53 Å². The Labute approximate surface area is 96.9 Å². The maximum absolute atomic E-state index is 11.6. The largest absolute Gasteiger partial charge is 0.507 e. The number of phenolic OH excluding ortho intramolecular Hbond substituents is 1. The van der Waals surface area contributed by atoms with Gasteiger partial charge < -0.3 is 5.11 Å². The van der Waals surface area contributed by atoms with Crippen LogP contribution in [-0.4, -0.2) is 17.4 Å². The molecular weight excluding hydrogens is 218 g/mol. The van der Waals surface area contributed by atoms with E-state index in [1.165, 1.54) is 6.07 Å². The van der Waals surface area contributed by atoms with E-state index in [0.29, 0.717) is 5.39 Å². The number of carbonyl (C=O) groups excluding carboxylic acids is 1. The van der Waals surface area contributed by atoms with Crippen molar-refractivity contribution in [1.29, 1.82) is 0 Å². The molecule has 0 saturated heterocycles. The molecule has 2 rings (SSSR count). The van der Waals surface area contributed by atoms with Crippen molar-refractivity contribution in [3.05, 3.63) is 52.4 Å². The molecule has 0 heterocycles. The first-order valence-corrected chi connectivity index (χ1v) is 4.99. The first-order valence-electron chi connectivity index (χ1n) is 4.99. The Hall–Kier alpha value is -2.52. The standard InChI is InChI=1S/C12H9N3O2/c13-15-14-7-11(16)10-6-5-8-3-1-2-4-9(8)12(10)17/h1-6,17H,7H2. The van der Waals surface area contributed by atoms with Gasteiger partial charge in [0.2, 0.25) is 0 Å². The molecule has 1 N–H and O–H groups in total. The highest BCUT2D eigenvalue weighted by atomic mass is 16.3. The zero-order valence-corrected chi connectivity index (χ0v) is 8.87. The van der Waals surface area contributed by atoms with Gasteiger partial charge in [-0.05, 0) is 17.0 Å². The molecule has 5 nitrogen and oxygen atoms in total. The van der Waals surface area contributed by atoms with Crippen molar-refractivity contribution < 1.29 is 9.90 Å². The third-order valence-corrected chi connectivity index (χ3v) is 2.48. The number of fused-ring (bicyclic) bond motifs is 1. The second kappa shape index (κ2) is 4.55. The van der Waals surface area contributed by atoms with Crippen LogP contribution in [0.15, 0.2) is 41.5 Å². The summed E-state index contributed by atoms with van der Waals surface area (Å²) in [5.41, 5.74) is 8.32. The van der Waals surface area contributed by atoms with E-state index in [2.05, 4.69) is 10.0 Å². The molecule has 0 aromatic heterocycles. The molecule has 0 bridgehead atoms. The van der Waals surface area contributed by atoms with Crippen molar-refractivity contribution in [1.82, 2.24) is 0 Å². The summed E-state index contributed by atoms with van der Waals surface area (Å²) in [5, 5.41) is 14.6. The molecule has 84 valence electrons. The Morgan fingerprint density at radius 3 is 2.82 bits per heavy atom. The Morgan fingerprint density at radius 2 is 2.06 bits per heavy atom. The summed E-state index contributed by atoms with van der Waals surface area (Å²) in [7, 11) is 0. The molecule has 2 aromatic rings. The van der Waals surface area contributed by atoms with E-state index in [1.54, 1.807) is 18.2 Å². The van der Waals surface area contributed by atoms with Crippen LogP contribution >= 0.6 is 0 Å². The van der Waals surface area contributed by atoms with Crippen LogP contribution in [0.25, 0.3) is 21.2 Å². The summed E-state index contributed by atoms with van der Waals surface area (Å²) in [6, 6.07) is 10.5. The number of hydrogen-bond donors (Lipinski definition) is 1. The van der Waals surface area contributed by atoms with Crippen LogP contribution in [0.3, 0.4) is 0 Å². The third-order valence-electron chi connectivity index (χ3n) is 2.48. The first-order chi connectivity index (χ1) is 8.24. The molecular formula is C12H9N3O2. The number of hydrogen-bond acceptors (Lipinski definition) is 3. The van der Waals surface area contributed by atoms with Gasteiger partial charge in [-0.25, -0.2) is 0 Å². The summed E-state index contributed by atoms with van der Waals surface area (Å²) < 4.78 is 0. The van der Waals surface area contributed by atoms with E-state index in [-0.39, 0.29) is 17.9 Å². The van der Waals surface area contributed by atoms with Gasteiger partial charge in [0, 0.05) is 10.3 Å². The fourth-order valence-corrected chi connectivity index (χ4v) is 1.66. The van der Waals surface area contributed by atoms with Gasteiger partial charge in [0.25, 0.3) is 0 Å². The predicted octanol–water partition coefficient (Wildman–Crippen LogP) is 3.04. The molecule has 0 saturated carbocycles. The minimum atomic E-state index is -0.397. The fourth-order valence-electron chi connectivity index (χ4n) is 1.66. The monoisotopic (exact) mass is 227 g/mol. The molecule has 17 heavy (non-hydrogen) atoms.